The molecule has 0 saturated heterocycles. The van der Waals surface area contributed by atoms with E-state index >= 15 is 0 Å². The molecule has 2 aromatic rings. The Morgan fingerprint density at radius 1 is 1.42 bits per heavy atom. The smallest absolute Gasteiger partial charge is 0.0521 e. The number of hydrogen-bond donors (Lipinski definition) is 2. The van der Waals surface area contributed by atoms with Crippen molar-refractivity contribution >= 4 is 11.6 Å². The van der Waals surface area contributed by atoms with Crippen LogP contribution in [-0.2, 0) is 13.5 Å². The van der Waals surface area contributed by atoms with E-state index < -0.39 is 0 Å². The van der Waals surface area contributed by atoms with Crippen LogP contribution >= 0.6 is 11.6 Å². The van der Waals surface area contributed by atoms with Gasteiger partial charge in [-0.25, -0.2) is 0 Å². The average molecular weight is 279 g/mol. The van der Waals surface area contributed by atoms with Gasteiger partial charge in [0.15, 0.2) is 0 Å². The van der Waals surface area contributed by atoms with E-state index in [2.05, 4.69) is 16.6 Å². The number of nitrogens with two attached hydrogens (primary N) is 1. The van der Waals surface area contributed by atoms with Crippen LogP contribution in [-0.4, -0.2) is 9.78 Å². The molecule has 1 aromatic carbocycles. The molecule has 0 saturated carbocycles. The first-order valence-corrected chi connectivity index (χ1v) is 6.67. The Morgan fingerprint density at radius 2 is 2.21 bits per heavy atom. The molecule has 0 spiro atoms. The topological polar surface area (TPSA) is 55.9 Å². The van der Waals surface area contributed by atoms with Crippen molar-refractivity contribution in [2.75, 3.05) is 0 Å². The molecule has 0 aliphatic heterocycles. The fraction of sp³-hybridized carbons (Fsp3) is 0.357. The zero-order valence-electron chi connectivity index (χ0n) is 11.2. The molecule has 0 amide bonds. The minimum absolute atomic E-state index is 0.0950. The number of nitrogens with zero attached hydrogens (tertiary/aromatic N) is 2. The van der Waals surface area contributed by atoms with Crippen molar-refractivity contribution in [3.05, 3.63) is 52.3 Å². The van der Waals surface area contributed by atoms with Crippen LogP contribution in [0.25, 0.3) is 0 Å². The second-order valence-corrected chi connectivity index (χ2v) is 5.28. The molecule has 0 bridgehead atoms. The molecular weight excluding hydrogens is 260 g/mol. The van der Waals surface area contributed by atoms with Crippen LogP contribution in [0.1, 0.15) is 29.2 Å². The maximum atomic E-state index is 6.09. The highest BCUT2D eigenvalue weighted by Crippen LogP contribution is 2.23. The number of hydrazine groups is 1. The van der Waals surface area contributed by atoms with Crippen molar-refractivity contribution in [2.24, 2.45) is 12.9 Å². The summed E-state index contributed by atoms with van der Waals surface area (Å²) < 4.78 is 1.81. The first kappa shape index (κ1) is 14.1. The van der Waals surface area contributed by atoms with Gasteiger partial charge in [-0.05, 0) is 48.6 Å². The molecule has 2 rings (SSSR count). The fourth-order valence-electron chi connectivity index (χ4n) is 2.22. The van der Waals surface area contributed by atoms with Crippen LogP contribution in [0, 0.1) is 6.92 Å². The number of rotatable bonds is 5. The van der Waals surface area contributed by atoms with Gasteiger partial charge in [0.05, 0.1) is 6.20 Å². The summed E-state index contributed by atoms with van der Waals surface area (Å²) in [6.45, 7) is 2.03. The fourth-order valence-corrected chi connectivity index (χ4v) is 2.52. The molecule has 1 heterocycles. The van der Waals surface area contributed by atoms with E-state index in [0.29, 0.717) is 0 Å². The highest BCUT2D eigenvalue weighted by Gasteiger charge is 2.11. The Kier molecular flexibility index (Phi) is 4.58. The first-order valence-electron chi connectivity index (χ1n) is 6.29. The van der Waals surface area contributed by atoms with Crippen LogP contribution in [0.4, 0.5) is 0 Å². The second-order valence-electron chi connectivity index (χ2n) is 4.84. The van der Waals surface area contributed by atoms with Crippen LogP contribution in [0.2, 0.25) is 5.02 Å². The molecule has 1 aromatic heterocycles. The standard InChI is InChI=1S/C14H19ClN4/c1-10-5-12(7-13(15)6-10)14(18-16)4-3-11-8-17-19(2)9-11/h5-9,14,18H,3-4,16H2,1-2H3. The summed E-state index contributed by atoms with van der Waals surface area (Å²) in [6.07, 6.45) is 5.74. The van der Waals surface area contributed by atoms with E-state index in [0.717, 1.165) is 29.0 Å². The lowest BCUT2D eigenvalue weighted by Gasteiger charge is -2.17. The van der Waals surface area contributed by atoms with Crippen molar-refractivity contribution in [3.63, 3.8) is 0 Å². The Labute approximate surface area is 118 Å². The van der Waals surface area contributed by atoms with Gasteiger partial charge < -0.3 is 0 Å². The lowest BCUT2D eigenvalue weighted by atomic mass is 9.99. The third-order valence-electron chi connectivity index (χ3n) is 3.15. The van der Waals surface area contributed by atoms with Gasteiger partial charge in [0.1, 0.15) is 0 Å². The summed E-state index contributed by atoms with van der Waals surface area (Å²) in [5.74, 6) is 5.66. The molecule has 0 radical (unpaired) electrons. The van der Waals surface area contributed by atoms with Crippen molar-refractivity contribution in [1.82, 2.24) is 15.2 Å². The Balaban J connectivity index is 2.07. The van der Waals surface area contributed by atoms with Crippen molar-refractivity contribution in [2.45, 2.75) is 25.8 Å². The lowest BCUT2D eigenvalue weighted by Crippen LogP contribution is -2.28. The van der Waals surface area contributed by atoms with E-state index in [1.165, 1.54) is 5.56 Å². The Morgan fingerprint density at radius 3 is 2.79 bits per heavy atom. The largest absolute Gasteiger partial charge is 0.276 e. The maximum Gasteiger partial charge on any atom is 0.0521 e. The summed E-state index contributed by atoms with van der Waals surface area (Å²) in [5.41, 5.74) is 6.34. The maximum absolute atomic E-state index is 6.09. The highest BCUT2D eigenvalue weighted by molar-refractivity contribution is 6.30. The summed E-state index contributed by atoms with van der Waals surface area (Å²) in [4.78, 5) is 0. The highest BCUT2D eigenvalue weighted by atomic mass is 35.5. The van der Waals surface area contributed by atoms with E-state index in [1.54, 1.807) is 0 Å². The summed E-state index contributed by atoms with van der Waals surface area (Å²) in [6, 6.07) is 6.11. The minimum Gasteiger partial charge on any atom is -0.276 e. The van der Waals surface area contributed by atoms with Crippen LogP contribution in [0.5, 0.6) is 0 Å². The number of aromatic nitrogens is 2. The molecule has 19 heavy (non-hydrogen) atoms. The van der Waals surface area contributed by atoms with E-state index in [1.807, 2.05) is 43.2 Å². The zero-order chi connectivity index (χ0) is 13.8. The monoisotopic (exact) mass is 278 g/mol. The van der Waals surface area contributed by atoms with Crippen molar-refractivity contribution in [1.29, 1.82) is 0 Å². The van der Waals surface area contributed by atoms with Crippen LogP contribution < -0.4 is 11.3 Å². The van der Waals surface area contributed by atoms with Gasteiger partial charge in [-0.3, -0.25) is 16.0 Å². The summed E-state index contributed by atoms with van der Waals surface area (Å²) >= 11 is 6.09. The number of aryl methyl sites for hydroxylation is 3. The number of halogens is 1. The molecule has 3 N–H and O–H groups in total. The third-order valence-corrected chi connectivity index (χ3v) is 3.37. The molecule has 4 nitrogen and oxygen atoms in total. The predicted molar refractivity (Wildman–Crippen MR) is 77.8 cm³/mol. The van der Waals surface area contributed by atoms with Crippen LogP contribution in [0.3, 0.4) is 0 Å². The van der Waals surface area contributed by atoms with Gasteiger partial charge in [0.25, 0.3) is 0 Å². The first-order chi connectivity index (χ1) is 9.08. The quantitative estimate of drug-likeness (QED) is 0.653. The van der Waals surface area contributed by atoms with Gasteiger partial charge in [-0.1, -0.05) is 17.7 Å². The molecule has 5 heteroatoms. The van der Waals surface area contributed by atoms with E-state index in [9.17, 15) is 0 Å². The van der Waals surface area contributed by atoms with Crippen molar-refractivity contribution in [3.8, 4) is 0 Å². The van der Waals surface area contributed by atoms with Crippen LogP contribution in [0.15, 0.2) is 30.6 Å². The van der Waals surface area contributed by atoms with E-state index in [4.69, 9.17) is 17.4 Å². The molecular formula is C14H19ClN4. The Bertz CT molecular complexity index is 530. The van der Waals surface area contributed by atoms with Gasteiger partial charge in [0.2, 0.25) is 0 Å². The molecule has 0 aliphatic rings. The minimum atomic E-state index is 0.0950. The normalized spacial score (nSPS) is 12.6. The van der Waals surface area contributed by atoms with Gasteiger partial charge in [-0.15, -0.1) is 0 Å². The molecule has 0 fully saturated rings. The molecule has 102 valence electrons. The number of benzene rings is 1. The summed E-state index contributed by atoms with van der Waals surface area (Å²) in [7, 11) is 1.92. The molecule has 1 atom stereocenters. The molecule has 0 aliphatic carbocycles. The number of hydrogen-bond acceptors (Lipinski definition) is 3. The van der Waals surface area contributed by atoms with E-state index in [-0.39, 0.29) is 6.04 Å². The van der Waals surface area contributed by atoms with Gasteiger partial charge in [-0.2, -0.15) is 5.10 Å². The SMILES string of the molecule is Cc1cc(Cl)cc(C(CCc2cnn(C)c2)NN)c1. The summed E-state index contributed by atoms with van der Waals surface area (Å²) in [5, 5.41) is 4.91. The number of nitrogens with one attached hydrogen (secondary N) is 1. The zero-order valence-corrected chi connectivity index (χ0v) is 12.0. The van der Waals surface area contributed by atoms with Gasteiger partial charge >= 0.3 is 0 Å². The van der Waals surface area contributed by atoms with Crippen molar-refractivity contribution < 1.29 is 0 Å². The Hall–Kier alpha value is -1.36. The second kappa shape index (κ2) is 6.19. The van der Waals surface area contributed by atoms with Gasteiger partial charge in [0, 0.05) is 24.3 Å². The third kappa shape index (κ3) is 3.80. The molecule has 1 unspecified atom stereocenters. The predicted octanol–water partition coefficient (Wildman–Crippen LogP) is 2.52. The average Bonchev–Trinajstić information content (AvgIpc) is 2.75. The lowest BCUT2D eigenvalue weighted by molar-refractivity contribution is 0.516.